The Hall–Kier alpha value is -3.00. The first kappa shape index (κ1) is 17.8. The molecule has 1 saturated heterocycles. The molecule has 1 aliphatic heterocycles. The third-order valence-electron chi connectivity index (χ3n) is 5.02. The summed E-state index contributed by atoms with van der Waals surface area (Å²) < 4.78 is 0. The van der Waals surface area contributed by atoms with Crippen molar-refractivity contribution in [2.45, 2.75) is 32.7 Å². The van der Waals surface area contributed by atoms with Crippen LogP contribution in [0.1, 0.15) is 39.9 Å². The second-order valence-electron chi connectivity index (χ2n) is 6.82. The number of para-hydroxylation sites is 1. The molecule has 5 heteroatoms. The third kappa shape index (κ3) is 3.65. The van der Waals surface area contributed by atoms with E-state index in [0.717, 1.165) is 48.4 Å². The topological polar surface area (TPSA) is 76.4 Å². The molecule has 2 aromatic rings. The fourth-order valence-electron chi connectivity index (χ4n) is 3.57. The van der Waals surface area contributed by atoms with Gasteiger partial charge >= 0.3 is 5.97 Å². The van der Waals surface area contributed by atoms with Crippen LogP contribution in [-0.4, -0.2) is 30.2 Å². The summed E-state index contributed by atoms with van der Waals surface area (Å²) in [4.78, 5) is 13.6. The molecule has 134 valence electrons. The molecule has 1 heterocycles. The van der Waals surface area contributed by atoms with Gasteiger partial charge in [-0.3, -0.25) is 0 Å². The van der Waals surface area contributed by atoms with Gasteiger partial charge in [-0.2, -0.15) is 5.26 Å². The number of benzene rings is 2. The van der Waals surface area contributed by atoms with E-state index in [1.54, 1.807) is 6.07 Å². The molecule has 0 spiro atoms. The normalized spacial score (nSPS) is 14.7. The number of carboxylic acid groups (broad SMARTS) is 1. The highest BCUT2D eigenvalue weighted by Crippen LogP contribution is 2.27. The molecule has 2 aromatic carbocycles. The lowest BCUT2D eigenvalue weighted by Gasteiger charge is -2.35. The van der Waals surface area contributed by atoms with Gasteiger partial charge in [0.1, 0.15) is 6.07 Å². The standard InChI is InChI=1S/C21H23N3O2/c1-14-11-15(2)19(12-18(14)21(25)26)23-17-7-9-24(10-8-17)20-6-4-3-5-16(20)13-22/h3-6,11-12,17,23H,7-10H2,1-2H3,(H,25,26). The number of carboxylic acids is 1. The lowest BCUT2D eigenvalue weighted by Crippen LogP contribution is -2.39. The Kier molecular flexibility index (Phi) is 5.13. The highest BCUT2D eigenvalue weighted by molar-refractivity contribution is 5.91. The molecule has 0 aromatic heterocycles. The number of carbonyl (C=O) groups is 1. The Bertz CT molecular complexity index is 862. The molecule has 26 heavy (non-hydrogen) atoms. The maximum atomic E-state index is 11.4. The van der Waals surface area contributed by atoms with Crippen LogP contribution in [0.3, 0.4) is 0 Å². The fraction of sp³-hybridized carbons (Fsp3) is 0.333. The van der Waals surface area contributed by atoms with Crippen molar-refractivity contribution in [3.63, 3.8) is 0 Å². The molecule has 0 amide bonds. The van der Waals surface area contributed by atoms with Crippen LogP contribution in [-0.2, 0) is 0 Å². The van der Waals surface area contributed by atoms with Crippen LogP contribution in [0.2, 0.25) is 0 Å². The van der Waals surface area contributed by atoms with Crippen LogP contribution in [0, 0.1) is 25.2 Å². The summed E-state index contributed by atoms with van der Waals surface area (Å²) in [7, 11) is 0. The lowest BCUT2D eigenvalue weighted by molar-refractivity contribution is 0.0696. The second-order valence-corrected chi connectivity index (χ2v) is 6.82. The fourth-order valence-corrected chi connectivity index (χ4v) is 3.57. The maximum Gasteiger partial charge on any atom is 0.336 e. The summed E-state index contributed by atoms with van der Waals surface area (Å²) >= 11 is 0. The Labute approximate surface area is 153 Å². The molecule has 1 aliphatic rings. The summed E-state index contributed by atoms with van der Waals surface area (Å²) in [5, 5.41) is 22.1. The van der Waals surface area contributed by atoms with E-state index in [0.29, 0.717) is 17.2 Å². The van der Waals surface area contributed by atoms with E-state index in [9.17, 15) is 15.2 Å². The quantitative estimate of drug-likeness (QED) is 0.874. The van der Waals surface area contributed by atoms with E-state index >= 15 is 0 Å². The SMILES string of the molecule is Cc1cc(C)c(C(=O)O)cc1NC1CCN(c2ccccc2C#N)CC1. The van der Waals surface area contributed by atoms with E-state index in [-0.39, 0.29) is 0 Å². The van der Waals surface area contributed by atoms with Gasteiger partial charge in [0.25, 0.3) is 0 Å². The Morgan fingerprint density at radius 1 is 1.19 bits per heavy atom. The average molecular weight is 349 g/mol. The average Bonchev–Trinajstić information content (AvgIpc) is 2.64. The van der Waals surface area contributed by atoms with Gasteiger partial charge in [-0.1, -0.05) is 18.2 Å². The number of hydrogen-bond donors (Lipinski definition) is 2. The van der Waals surface area contributed by atoms with Crippen molar-refractivity contribution in [1.29, 1.82) is 5.26 Å². The highest BCUT2D eigenvalue weighted by atomic mass is 16.4. The van der Waals surface area contributed by atoms with Gasteiger partial charge in [-0.05, 0) is 56.0 Å². The molecule has 2 N–H and O–H groups in total. The number of nitriles is 1. The molecule has 0 bridgehead atoms. The zero-order chi connectivity index (χ0) is 18.7. The lowest BCUT2D eigenvalue weighted by atomic mass is 10.00. The van der Waals surface area contributed by atoms with E-state index < -0.39 is 5.97 Å². The van der Waals surface area contributed by atoms with Gasteiger partial charge < -0.3 is 15.3 Å². The summed E-state index contributed by atoms with van der Waals surface area (Å²) in [5.74, 6) is -0.895. The Balaban J connectivity index is 1.69. The largest absolute Gasteiger partial charge is 0.478 e. The molecule has 5 nitrogen and oxygen atoms in total. The summed E-state index contributed by atoms with van der Waals surface area (Å²) in [6.45, 7) is 5.56. The molecule has 0 unspecified atom stereocenters. The van der Waals surface area contributed by atoms with Gasteiger partial charge in [-0.15, -0.1) is 0 Å². The predicted octanol–water partition coefficient (Wildman–Crippen LogP) is 3.95. The van der Waals surface area contributed by atoms with Gasteiger partial charge in [0, 0.05) is 24.8 Å². The van der Waals surface area contributed by atoms with Crippen molar-refractivity contribution in [2.24, 2.45) is 0 Å². The number of nitrogens with one attached hydrogen (secondary N) is 1. The smallest absolute Gasteiger partial charge is 0.336 e. The second kappa shape index (κ2) is 7.49. The number of nitrogens with zero attached hydrogens (tertiary/aromatic N) is 2. The molecular formula is C21H23N3O2. The van der Waals surface area contributed by atoms with Crippen LogP contribution in [0.5, 0.6) is 0 Å². The van der Waals surface area contributed by atoms with Crippen molar-refractivity contribution < 1.29 is 9.90 Å². The summed E-state index contributed by atoms with van der Waals surface area (Å²) in [5.41, 5.74) is 4.78. The zero-order valence-corrected chi connectivity index (χ0v) is 15.1. The minimum Gasteiger partial charge on any atom is -0.478 e. The summed E-state index contributed by atoms with van der Waals surface area (Å²) in [6, 6.07) is 13.9. The van der Waals surface area contributed by atoms with Crippen molar-refractivity contribution in [3.05, 3.63) is 58.7 Å². The van der Waals surface area contributed by atoms with Crippen molar-refractivity contribution >= 4 is 17.3 Å². The summed E-state index contributed by atoms with van der Waals surface area (Å²) in [6.07, 6.45) is 1.88. The molecule has 0 radical (unpaired) electrons. The van der Waals surface area contributed by atoms with Gasteiger partial charge in [0.15, 0.2) is 0 Å². The molecule has 1 fully saturated rings. The number of rotatable bonds is 4. The van der Waals surface area contributed by atoms with Crippen LogP contribution in [0.25, 0.3) is 0 Å². The number of hydrogen-bond acceptors (Lipinski definition) is 4. The van der Waals surface area contributed by atoms with Crippen LogP contribution >= 0.6 is 0 Å². The predicted molar refractivity (Wildman–Crippen MR) is 103 cm³/mol. The third-order valence-corrected chi connectivity index (χ3v) is 5.02. The van der Waals surface area contributed by atoms with E-state index in [4.69, 9.17) is 0 Å². The number of aromatic carboxylic acids is 1. The first-order valence-corrected chi connectivity index (χ1v) is 8.84. The molecule has 0 atom stereocenters. The minimum absolute atomic E-state index is 0.295. The van der Waals surface area contributed by atoms with E-state index in [1.165, 1.54) is 0 Å². The van der Waals surface area contributed by atoms with Crippen molar-refractivity contribution in [2.75, 3.05) is 23.3 Å². The Morgan fingerprint density at radius 3 is 2.54 bits per heavy atom. The molecular weight excluding hydrogens is 326 g/mol. The minimum atomic E-state index is -0.895. The van der Waals surface area contributed by atoms with Gasteiger partial charge in [0.2, 0.25) is 0 Å². The van der Waals surface area contributed by atoms with E-state index in [1.807, 2.05) is 44.2 Å². The number of piperidine rings is 1. The maximum absolute atomic E-state index is 11.4. The highest BCUT2D eigenvalue weighted by Gasteiger charge is 2.22. The molecule has 0 aliphatic carbocycles. The first-order chi connectivity index (χ1) is 12.5. The van der Waals surface area contributed by atoms with E-state index in [2.05, 4.69) is 16.3 Å². The number of anilines is 2. The van der Waals surface area contributed by atoms with Crippen LogP contribution < -0.4 is 10.2 Å². The monoisotopic (exact) mass is 349 g/mol. The first-order valence-electron chi connectivity index (χ1n) is 8.84. The van der Waals surface area contributed by atoms with Crippen molar-refractivity contribution in [1.82, 2.24) is 0 Å². The van der Waals surface area contributed by atoms with Crippen LogP contribution in [0.15, 0.2) is 36.4 Å². The Morgan fingerprint density at radius 2 is 1.88 bits per heavy atom. The van der Waals surface area contributed by atoms with Crippen LogP contribution in [0.4, 0.5) is 11.4 Å². The van der Waals surface area contributed by atoms with Crippen molar-refractivity contribution in [3.8, 4) is 6.07 Å². The zero-order valence-electron chi connectivity index (χ0n) is 15.1. The number of aryl methyl sites for hydroxylation is 2. The van der Waals surface area contributed by atoms with Gasteiger partial charge in [-0.25, -0.2) is 4.79 Å². The molecule has 3 rings (SSSR count). The van der Waals surface area contributed by atoms with Gasteiger partial charge in [0.05, 0.1) is 16.8 Å². The molecule has 0 saturated carbocycles.